The molecule has 1 fully saturated rings. The van der Waals surface area contributed by atoms with Crippen LogP contribution in [0, 0.1) is 0 Å². The highest BCUT2D eigenvalue weighted by atomic mass is 16.5. The van der Waals surface area contributed by atoms with Crippen LogP contribution in [-0.2, 0) is 22.5 Å². The average molecular weight is 287 g/mol. The number of Topliss-reactive ketones (excluding diaryl/α,β-unsaturated/α-hetero) is 1. The minimum absolute atomic E-state index is 0.0210. The van der Waals surface area contributed by atoms with E-state index in [0.29, 0.717) is 19.6 Å². The molecule has 21 heavy (non-hydrogen) atoms. The van der Waals surface area contributed by atoms with Crippen LogP contribution in [0.25, 0.3) is 11.0 Å². The molecule has 2 N–H and O–H groups in total. The zero-order valence-electron chi connectivity index (χ0n) is 12.3. The Bertz CT molecular complexity index is 657. The van der Waals surface area contributed by atoms with E-state index in [9.17, 15) is 4.79 Å². The Balaban J connectivity index is 1.92. The summed E-state index contributed by atoms with van der Waals surface area (Å²) in [5.41, 5.74) is 7.33. The highest BCUT2D eigenvalue weighted by Gasteiger charge is 2.38. The van der Waals surface area contributed by atoms with E-state index < -0.39 is 5.54 Å². The van der Waals surface area contributed by atoms with Crippen LogP contribution in [0.2, 0.25) is 0 Å². The van der Waals surface area contributed by atoms with Crippen LogP contribution in [0.1, 0.15) is 25.6 Å². The van der Waals surface area contributed by atoms with E-state index in [2.05, 4.69) is 16.5 Å². The van der Waals surface area contributed by atoms with Gasteiger partial charge in [0.2, 0.25) is 0 Å². The predicted octanol–water partition coefficient (Wildman–Crippen LogP) is 1.68. The van der Waals surface area contributed by atoms with Crippen molar-refractivity contribution >= 4 is 16.8 Å². The van der Waals surface area contributed by atoms with Gasteiger partial charge in [-0.3, -0.25) is 4.79 Å². The molecule has 1 atom stereocenters. The Morgan fingerprint density at radius 2 is 2.29 bits per heavy atom. The lowest BCUT2D eigenvalue weighted by Gasteiger charge is -2.20. The lowest BCUT2D eigenvalue weighted by atomic mass is 9.92. The van der Waals surface area contributed by atoms with Crippen LogP contribution in [0.15, 0.2) is 24.3 Å². The van der Waals surface area contributed by atoms with Crippen LogP contribution in [0.5, 0.6) is 0 Å². The number of fused-ring (bicyclic) bond motifs is 1. The van der Waals surface area contributed by atoms with Crippen molar-refractivity contribution in [1.82, 2.24) is 9.55 Å². The molecule has 3 rings (SSSR count). The molecule has 2 aromatic rings. The maximum absolute atomic E-state index is 12.5. The number of ether oxygens (including phenoxy) is 1. The molecule has 0 radical (unpaired) electrons. The first-order chi connectivity index (χ1) is 10.1. The monoisotopic (exact) mass is 287 g/mol. The summed E-state index contributed by atoms with van der Waals surface area (Å²) in [5, 5.41) is 0. The summed E-state index contributed by atoms with van der Waals surface area (Å²) in [7, 11) is 0. The first-order valence-electron chi connectivity index (χ1n) is 7.48. The number of aryl methyl sites for hydroxylation is 1. The summed E-state index contributed by atoms with van der Waals surface area (Å²) in [6, 6.07) is 7.98. The number of para-hydroxylation sites is 2. The van der Waals surface area contributed by atoms with Gasteiger partial charge in [0.05, 0.1) is 24.1 Å². The van der Waals surface area contributed by atoms with Gasteiger partial charge in [-0.2, -0.15) is 0 Å². The van der Waals surface area contributed by atoms with Crippen LogP contribution in [0.3, 0.4) is 0 Å². The Labute approximate surface area is 124 Å². The number of rotatable bonds is 5. The van der Waals surface area contributed by atoms with Gasteiger partial charge in [0.15, 0.2) is 5.78 Å². The van der Waals surface area contributed by atoms with Gasteiger partial charge in [-0.05, 0) is 25.0 Å². The smallest absolute Gasteiger partial charge is 0.162 e. The molecule has 0 saturated carbocycles. The van der Waals surface area contributed by atoms with Crippen molar-refractivity contribution in [2.24, 2.45) is 5.73 Å². The zero-order chi connectivity index (χ0) is 14.9. The molecule has 5 nitrogen and oxygen atoms in total. The first-order valence-corrected chi connectivity index (χ1v) is 7.48. The molecule has 1 aliphatic rings. The third-order valence-electron chi connectivity index (χ3n) is 4.11. The predicted molar refractivity (Wildman–Crippen MR) is 81.1 cm³/mol. The molecular formula is C16H21N3O2. The van der Waals surface area contributed by atoms with Crippen molar-refractivity contribution in [1.29, 1.82) is 0 Å². The lowest BCUT2D eigenvalue weighted by molar-refractivity contribution is -0.123. The topological polar surface area (TPSA) is 70.1 Å². The van der Waals surface area contributed by atoms with Gasteiger partial charge in [-0.15, -0.1) is 0 Å². The standard InChI is InChI=1S/C16H21N3O2/c1-2-8-19-13-6-4-3-5-12(13)18-15(19)10-14(20)16(17)7-9-21-11-16/h3-6H,2,7-11,17H2,1H3. The van der Waals surface area contributed by atoms with Gasteiger partial charge in [-0.1, -0.05) is 19.1 Å². The second-order valence-electron chi connectivity index (χ2n) is 5.73. The number of ketones is 1. The molecule has 0 aliphatic carbocycles. The van der Waals surface area contributed by atoms with Crippen molar-refractivity contribution in [3.05, 3.63) is 30.1 Å². The maximum atomic E-state index is 12.5. The van der Waals surface area contributed by atoms with E-state index in [1.165, 1.54) is 0 Å². The van der Waals surface area contributed by atoms with Gasteiger partial charge in [-0.25, -0.2) is 4.98 Å². The second kappa shape index (κ2) is 5.58. The van der Waals surface area contributed by atoms with Crippen LogP contribution < -0.4 is 5.73 Å². The van der Waals surface area contributed by atoms with E-state index in [4.69, 9.17) is 10.5 Å². The van der Waals surface area contributed by atoms with Crippen molar-refractivity contribution in [3.8, 4) is 0 Å². The summed E-state index contributed by atoms with van der Waals surface area (Å²) in [5.74, 6) is 0.826. The summed E-state index contributed by atoms with van der Waals surface area (Å²) in [6.07, 6.45) is 1.87. The number of carbonyl (C=O) groups excluding carboxylic acids is 1. The molecule has 1 saturated heterocycles. The Hall–Kier alpha value is -1.72. The van der Waals surface area contributed by atoms with Gasteiger partial charge in [0.1, 0.15) is 11.4 Å². The third-order valence-corrected chi connectivity index (χ3v) is 4.11. The molecule has 1 aliphatic heterocycles. The SMILES string of the molecule is CCCn1c(CC(=O)C2(N)CCOC2)nc2ccccc21. The van der Waals surface area contributed by atoms with Gasteiger partial charge in [0, 0.05) is 13.2 Å². The zero-order valence-corrected chi connectivity index (χ0v) is 12.3. The Kier molecular flexibility index (Phi) is 3.78. The van der Waals surface area contributed by atoms with Crippen molar-refractivity contribution < 1.29 is 9.53 Å². The quantitative estimate of drug-likeness (QED) is 0.908. The van der Waals surface area contributed by atoms with Crippen LogP contribution >= 0.6 is 0 Å². The summed E-state index contributed by atoms with van der Waals surface area (Å²) in [4.78, 5) is 17.1. The van der Waals surface area contributed by atoms with Crippen molar-refractivity contribution in [3.63, 3.8) is 0 Å². The van der Waals surface area contributed by atoms with E-state index in [-0.39, 0.29) is 12.2 Å². The van der Waals surface area contributed by atoms with E-state index in [0.717, 1.165) is 29.8 Å². The van der Waals surface area contributed by atoms with Crippen LogP contribution in [0.4, 0.5) is 0 Å². The number of benzene rings is 1. The largest absolute Gasteiger partial charge is 0.379 e. The lowest BCUT2D eigenvalue weighted by Crippen LogP contribution is -2.49. The number of nitrogens with two attached hydrogens (primary N) is 1. The Morgan fingerprint density at radius 3 is 3.00 bits per heavy atom. The minimum atomic E-state index is -0.838. The molecule has 1 unspecified atom stereocenters. The molecule has 0 spiro atoms. The van der Waals surface area contributed by atoms with Gasteiger partial charge in [0.25, 0.3) is 0 Å². The number of nitrogens with zero attached hydrogens (tertiary/aromatic N) is 2. The average Bonchev–Trinajstić information content (AvgIpc) is 3.06. The fraction of sp³-hybridized carbons (Fsp3) is 0.500. The van der Waals surface area contributed by atoms with E-state index >= 15 is 0 Å². The number of carbonyl (C=O) groups is 1. The summed E-state index contributed by atoms with van der Waals surface area (Å²) >= 11 is 0. The number of imidazole rings is 1. The molecule has 2 heterocycles. The molecule has 5 heteroatoms. The summed E-state index contributed by atoms with van der Waals surface area (Å²) in [6.45, 7) is 3.86. The highest BCUT2D eigenvalue weighted by Crippen LogP contribution is 2.21. The van der Waals surface area contributed by atoms with Crippen molar-refractivity contribution in [2.45, 2.75) is 38.3 Å². The normalized spacial score (nSPS) is 22.0. The first kappa shape index (κ1) is 14.2. The number of hydrogen-bond donors (Lipinski definition) is 1. The van der Waals surface area contributed by atoms with Crippen molar-refractivity contribution in [2.75, 3.05) is 13.2 Å². The molecule has 1 aromatic carbocycles. The molecule has 0 amide bonds. The van der Waals surface area contributed by atoms with E-state index in [1.54, 1.807) is 0 Å². The fourth-order valence-corrected chi connectivity index (χ4v) is 2.85. The number of aromatic nitrogens is 2. The second-order valence-corrected chi connectivity index (χ2v) is 5.73. The third kappa shape index (κ3) is 2.59. The Morgan fingerprint density at radius 1 is 1.48 bits per heavy atom. The fourth-order valence-electron chi connectivity index (χ4n) is 2.85. The number of hydrogen-bond acceptors (Lipinski definition) is 4. The molecule has 0 bridgehead atoms. The summed E-state index contributed by atoms with van der Waals surface area (Å²) < 4.78 is 7.41. The molecule has 112 valence electrons. The molecule has 1 aromatic heterocycles. The highest BCUT2D eigenvalue weighted by molar-refractivity contribution is 5.90. The van der Waals surface area contributed by atoms with Gasteiger partial charge < -0.3 is 15.0 Å². The minimum Gasteiger partial charge on any atom is -0.379 e. The van der Waals surface area contributed by atoms with E-state index in [1.807, 2.05) is 24.3 Å². The molecular weight excluding hydrogens is 266 g/mol. The maximum Gasteiger partial charge on any atom is 0.162 e. The van der Waals surface area contributed by atoms with Gasteiger partial charge >= 0.3 is 0 Å². The van der Waals surface area contributed by atoms with Crippen LogP contribution in [-0.4, -0.2) is 34.1 Å².